The Bertz CT molecular complexity index is 804. The fourth-order valence-corrected chi connectivity index (χ4v) is 5.10. The number of rotatable bonds is 3. The lowest BCUT2D eigenvalue weighted by Crippen LogP contribution is -2.47. The second-order valence-electron chi connectivity index (χ2n) is 7.66. The topological polar surface area (TPSA) is 26.0 Å². The SMILES string of the molecule is Cc1ccccc1-n1c(C)nn(CN2CCC[C@H]3CCCC[C@@H]32)c1=S. The standard InChI is InChI=1S/C20H28N4S/c1-15-8-3-5-11-18(15)24-16(2)21-23(20(24)25)14-22-13-7-10-17-9-4-6-12-19(17)22/h3,5,8,11,17,19H,4,6-7,9-10,12-14H2,1-2H3/t17-,19+/m1/s1. The second-order valence-corrected chi connectivity index (χ2v) is 8.02. The van der Waals surface area contributed by atoms with Gasteiger partial charge < -0.3 is 0 Å². The Balaban J connectivity index is 1.63. The minimum atomic E-state index is 0.730. The molecule has 1 aromatic heterocycles. The van der Waals surface area contributed by atoms with Crippen LogP contribution in [0.2, 0.25) is 0 Å². The Morgan fingerprint density at radius 3 is 2.68 bits per heavy atom. The van der Waals surface area contributed by atoms with Gasteiger partial charge in [-0.1, -0.05) is 31.0 Å². The largest absolute Gasteiger partial charge is 0.281 e. The quantitative estimate of drug-likeness (QED) is 0.750. The molecule has 0 bridgehead atoms. The van der Waals surface area contributed by atoms with Crippen LogP contribution in [0.3, 0.4) is 0 Å². The van der Waals surface area contributed by atoms with Gasteiger partial charge in [-0.3, -0.25) is 9.47 Å². The molecule has 1 aromatic carbocycles. The molecule has 0 radical (unpaired) electrons. The third-order valence-corrected chi connectivity index (χ3v) is 6.42. The fourth-order valence-electron chi connectivity index (χ4n) is 4.78. The first-order valence-electron chi connectivity index (χ1n) is 9.61. The van der Waals surface area contributed by atoms with Crippen LogP contribution in [0, 0.1) is 24.5 Å². The van der Waals surface area contributed by atoms with E-state index in [0.717, 1.165) is 34.9 Å². The van der Waals surface area contributed by atoms with Crippen molar-refractivity contribution in [3.05, 3.63) is 40.4 Å². The molecule has 0 unspecified atom stereocenters. The minimum absolute atomic E-state index is 0.730. The van der Waals surface area contributed by atoms with Crippen LogP contribution in [-0.2, 0) is 6.67 Å². The predicted molar refractivity (Wildman–Crippen MR) is 104 cm³/mol. The van der Waals surface area contributed by atoms with Gasteiger partial charge in [-0.2, -0.15) is 5.10 Å². The van der Waals surface area contributed by atoms with Gasteiger partial charge in [0.2, 0.25) is 4.77 Å². The van der Waals surface area contributed by atoms with Crippen molar-refractivity contribution in [2.24, 2.45) is 5.92 Å². The van der Waals surface area contributed by atoms with Crippen molar-refractivity contribution < 1.29 is 0 Å². The number of aromatic nitrogens is 3. The average Bonchev–Trinajstić information content (AvgIpc) is 2.90. The van der Waals surface area contributed by atoms with Crippen LogP contribution in [0.5, 0.6) is 0 Å². The van der Waals surface area contributed by atoms with E-state index in [1.165, 1.54) is 50.6 Å². The summed E-state index contributed by atoms with van der Waals surface area (Å²) in [6.45, 7) is 6.20. The van der Waals surface area contributed by atoms with Crippen molar-refractivity contribution in [1.82, 2.24) is 19.2 Å². The number of aryl methyl sites for hydroxylation is 2. The molecule has 2 aromatic rings. The Hall–Kier alpha value is -1.46. The summed E-state index contributed by atoms with van der Waals surface area (Å²) in [5.41, 5.74) is 2.37. The summed E-state index contributed by atoms with van der Waals surface area (Å²) < 4.78 is 4.96. The van der Waals surface area contributed by atoms with Gasteiger partial charge in [-0.15, -0.1) is 0 Å². The molecule has 0 amide bonds. The highest BCUT2D eigenvalue weighted by Crippen LogP contribution is 2.35. The lowest BCUT2D eigenvalue weighted by molar-refractivity contribution is 0.0323. The van der Waals surface area contributed by atoms with Gasteiger partial charge in [0.15, 0.2) is 0 Å². The van der Waals surface area contributed by atoms with Crippen LogP contribution in [0.25, 0.3) is 5.69 Å². The van der Waals surface area contributed by atoms with Crippen LogP contribution < -0.4 is 0 Å². The van der Waals surface area contributed by atoms with E-state index >= 15 is 0 Å². The number of piperidine rings is 1. The molecule has 2 atom stereocenters. The van der Waals surface area contributed by atoms with Gasteiger partial charge in [0.25, 0.3) is 0 Å². The van der Waals surface area contributed by atoms with E-state index in [4.69, 9.17) is 17.3 Å². The van der Waals surface area contributed by atoms with E-state index in [9.17, 15) is 0 Å². The maximum Gasteiger partial charge on any atom is 0.203 e. The van der Waals surface area contributed by atoms with Crippen molar-refractivity contribution in [3.8, 4) is 5.69 Å². The molecule has 134 valence electrons. The van der Waals surface area contributed by atoms with Crippen LogP contribution in [0.15, 0.2) is 24.3 Å². The minimum Gasteiger partial charge on any atom is -0.281 e. The Labute approximate surface area is 155 Å². The molecule has 4 nitrogen and oxygen atoms in total. The molecule has 2 fully saturated rings. The summed E-state index contributed by atoms with van der Waals surface area (Å²) in [5, 5.41) is 4.79. The van der Waals surface area contributed by atoms with Crippen LogP contribution in [-0.4, -0.2) is 31.8 Å². The van der Waals surface area contributed by atoms with Crippen LogP contribution in [0.4, 0.5) is 0 Å². The molecule has 25 heavy (non-hydrogen) atoms. The zero-order valence-corrected chi connectivity index (χ0v) is 16.1. The monoisotopic (exact) mass is 356 g/mol. The van der Waals surface area contributed by atoms with Gasteiger partial charge in [0.05, 0.1) is 12.4 Å². The summed E-state index contributed by atoms with van der Waals surface area (Å²) >= 11 is 5.81. The highest BCUT2D eigenvalue weighted by atomic mass is 32.1. The lowest BCUT2D eigenvalue weighted by atomic mass is 9.78. The number of likely N-dealkylation sites (tertiary alicyclic amines) is 1. The van der Waals surface area contributed by atoms with Gasteiger partial charge in [-0.05, 0) is 69.3 Å². The molecule has 1 saturated heterocycles. The molecular weight excluding hydrogens is 328 g/mol. The number of fused-ring (bicyclic) bond motifs is 1. The van der Waals surface area contributed by atoms with Crippen molar-refractivity contribution in [1.29, 1.82) is 0 Å². The average molecular weight is 357 g/mol. The van der Waals surface area contributed by atoms with Crippen LogP contribution >= 0.6 is 12.2 Å². The van der Waals surface area contributed by atoms with E-state index in [-0.39, 0.29) is 0 Å². The highest BCUT2D eigenvalue weighted by molar-refractivity contribution is 7.71. The zero-order valence-electron chi connectivity index (χ0n) is 15.3. The van der Waals surface area contributed by atoms with Crippen molar-refractivity contribution in [2.75, 3.05) is 6.54 Å². The van der Waals surface area contributed by atoms with Gasteiger partial charge >= 0.3 is 0 Å². The number of hydrogen-bond donors (Lipinski definition) is 0. The van der Waals surface area contributed by atoms with Crippen molar-refractivity contribution in [2.45, 2.75) is 65.1 Å². The highest BCUT2D eigenvalue weighted by Gasteiger charge is 2.33. The molecule has 2 heterocycles. The molecule has 1 saturated carbocycles. The summed E-state index contributed by atoms with van der Waals surface area (Å²) in [4.78, 5) is 2.64. The van der Waals surface area contributed by atoms with Crippen LogP contribution in [0.1, 0.15) is 49.9 Å². The third-order valence-electron chi connectivity index (χ3n) is 6.03. The fraction of sp³-hybridized carbons (Fsp3) is 0.600. The summed E-state index contributed by atoms with van der Waals surface area (Å²) in [6, 6.07) is 9.12. The van der Waals surface area contributed by atoms with Crippen molar-refractivity contribution in [3.63, 3.8) is 0 Å². The number of hydrogen-bond acceptors (Lipinski definition) is 3. The smallest absolute Gasteiger partial charge is 0.203 e. The van der Waals surface area contributed by atoms with E-state index in [2.05, 4.69) is 47.6 Å². The summed E-state index contributed by atoms with van der Waals surface area (Å²) in [7, 11) is 0. The molecule has 4 rings (SSSR count). The van der Waals surface area contributed by atoms with Gasteiger partial charge in [-0.25, -0.2) is 4.68 Å². The Morgan fingerprint density at radius 2 is 1.84 bits per heavy atom. The molecule has 0 N–H and O–H groups in total. The third kappa shape index (κ3) is 3.20. The van der Waals surface area contributed by atoms with E-state index in [1.807, 2.05) is 4.68 Å². The van der Waals surface area contributed by atoms with E-state index < -0.39 is 0 Å². The second kappa shape index (κ2) is 7.04. The van der Waals surface area contributed by atoms with E-state index in [0.29, 0.717) is 0 Å². The van der Waals surface area contributed by atoms with E-state index in [1.54, 1.807) is 0 Å². The molecule has 5 heteroatoms. The molecule has 0 spiro atoms. The first kappa shape index (κ1) is 17.0. The van der Waals surface area contributed by atoms with Gasteiger partial charge in [0.1, 0.15) is 5.82 Å². The normalized spacial score (nSPS) is 24.2. The lowest BCUT2D eigenvalue weighted by Gasteiger charge is -2.43. The van der Waals surface area contributed by atoms with Gasteiger partial charge in [0, 0.05) is 12.6 Å². The first-order valence-corrected chi connectivity index (χ1v) is 10.0. The summed E-state index contributed by atoms with van der Waals surface area (Å²) in [5.74, 6) is 1.85. The first-order chi connectivity index (χ1) is 12.1. The maximum absolute atomic E-state index is 5.81. The predicted octanol–water partition coefficient (Wildman–Crippen LogP) is 4.63. The maximum atomic E-state index is 5.81. The molecule has 1 aliphatic carbocycles. The zero-order chi connectivity index (χ0) is 17.4. The molecular formula is C20H28N4S. The number of para-hydroxylation sites is 1. The molecule has 2 aliphatic rings. The Morgan fingerprint density at radius 1 is 1.08 bits per heavy atom. The van der Waals surface area contributed by atoms with Crippen molar-refractivity contribution >= 4 is 12.2 Å². The number of benzene rings is 1. The number of nitrogens with zero attached hydrogens (tertiary/aromatic N) is 4. The summed E-state index contributed by atoms with van der Waals surface area (Å²) in [6.07, 6.45) is 8.25. The molecule has 1 aliphatic heterocycles. The Kier molecular flexibility index (Phi) is 4.78.